The molecule has 1 saturated heterocycles. The Kier molecular flexibility index (Phi) is 6.29. The molecule has 2 fully saturated rings. The fourth-order valence-corrected chi connectivity index (χ4v) is 4.00. The maximum Gasteiger partial charge on any atom is 0.254 e. The molecule has 7 heteroatoms. The normalized spacial score (nSPS) is 20.6. The minimum Gasteiger partial charge on any atom is -0.478 e. The zero-order valence-electron chi connectivity index (χ0n) is 15.9. The molecule has 0 radical (unpaired) electrons. The highest BCUT2D eigenvalue weighted by Crippen LogP contribution is 2.33. The first kappa shape index (κ1) is 18.9. The van der Waals surface area contributed by atoms with Crippen LogP contribution in [0.4, 0.5) is 5.82 Å². The monoisotopic (exact) mass is 362 g/mol. The lowest BCUT2D eigenvalue weighted by molar-refractivity contribution is -0.160. The molecule has 0 unspecified atom stereocenters. The lowest BCUT2D eigenvalue weighted by Gasteiger charge is -2.41. The van der Waals surface area contributed by atoms with Gasteiger partial charge in [-0.25, -0.2) is 9.97 Å². The number of hydrogen-bond donors (Lipinski definition) is 1. The van der Waals surface area contributed by atoms with Crippen LogP contribution in [0.25, 0.3) is 0 Å². The first-order valence-electron chi connectivity index (χ1n) is 9.73. The number of aromatic nitrogens is 2. The van der Waals surface area contributed by atoms with E-state index in [1.165, 1.54) is 12.7 Å². The summed E-state index contributed by atoms with van der Waals surface area (Å²) in [5.41, 5.74) is -0.586. The number of piperidine rings is 1. The molecule has 3 rings (SSSR count). The smallest absolute Gasteiger partial charge is 0.254 e. The van der Waals surface area contributed by atoms with Gasteiger partial charge in [0.15, 0.2) is 0 Å². The molecule has 1 N–H and O–H groups in total. The average Bonchev–Trinajstić information content (AvgIpc) is 2.69. The van der Waals surface area contributed by atoms with Gasteiger partial charge < -0.3 is 19.7 Å². The van der Waals surface area contributed by atoms with Gasteiger partial charge in [0.05, 0.1) is 6.61 Å². The highest BCUT2D eigenvalue weighted by molar-refractivity contribution is 5.85. The molecule has 7 nitrogen and oxygen atoms in total. The van der Waals surface area contributed by atoms with Gasteiger partial charge in [0.1, 0.15) is 17.7 Å². The van der Waals surface area contributed by atoms with Gasteiger partial charge in [-0.2, -0.15) is 0 Å². The van der Waals surface area contributed by atoms with Crippen LogP contribution in [-0.2, 0) is 9.53 Å². The third kappa shape index (κ3) is 4.26. The Balaban J connectivity index is 1.54. The standard InChI is InChI=1S/C19H30N4O3/c1-3-26-17-13-16(20-14-21-17)22-15-7-11-23(12-8-15)18(24)19(25-2)9-5-4-6-10-19/h13-15H,3-12H2,1-2H3,(H,20,21,22). The van der Waals surface area contributed by atoms with Crippen molar-refractivity contribution in [2.24, 2.45) is 0 Å². The van der Waals surface area contributed by atoms with Crippen molar-refractivity contribution >= 4 is 11.7 Å². The van der Waals surface area contributed by atoms with E-state index in [1.807, 2.05) is 17.9 Å². The second-order valence-electron chi connectivity index (χ2n) is 7.14. The highest BCUT2D eigenvalue weighted by atomic mass is 16.5. The molecule has 0 atom stereocenters. The van der Waals surface area contributed by atoms with Gasteiger partial charge in [-0.15, -0.1) is 0 Å². The lowest BCUT2D eigenvalue weighted by atomic mass is 9.83. The zero-order valence-corrected chi connectivity index (χ0v) is 15.9. The molecular weight excluding hydrogens is 332 g/mol. The average molecular weight is 362 g/mol. The SMILES string of the molecule is CCOc1cc(NC2CCN(C(=O)C3(OC)CCCCC3)CC2)ncn1. The van der Waals surface area contributed by atoms with Gasteiger partial charge in [-0.05, 0) is 32.6 Å². The van der Waals surface area contributed by atoms with Crippen molar-refractivity contribution in [1.82, 2.24) is 14.9 Å². The molecule has 1 aromatic rings. The first-order chi connectivity index (χ1) is 12.7. The zero-order chi connectivity index (χ0) is 18.4. The number of carbonyl (C=O) groups is 1. The third-order valence-corrected chi connectivity index (χ3v) is 5.51. The topological polar surface area (TPSA) is 76.6 Å². The molecule has 1 amide bonds. The van der Waals surface area contributed by atoms with Crippen LogP contribution in [0.1, 0.15) is 51.9 Å². The molecule has 0 aromatic carbocycles. The summed E-state index contributed by atoms with van der Waals surface area (Å²) in [7, 11) is 1.68. The largest absolute Gasteiger partial charge is 0.478 e. The van der Waals surface area contributed by atoms with Crippen LogP contribution in [-0.4, -0.2) is 59.2 Å². The number of ether oxygens (including phenoxy) is 2. The van der Waals surface area contributed by atoms with E-state index < -0.39 is 5.60 Å². The Labute approximate surface area is 155 Å². The molecule has 1 aliphatic heterocycles. The van der Waals surface area contributed by atoms with E-state index in [4.69, 9.17) is 9.47 Å². The summed E-state index contributed by atoms with van der Waals surface area (Å²) in [6.07, 6.45) is 8.37. The van der Waals surface area contributed by atoms with Crippen molar-refractivity contribution < 1.29 is 14.3 Å². The Morgan fingerprint density at radius 3 is 2.65 bits per heavy atom. The van der Waals surface area contributed by atoms with Gasteiger partial charge in [-0.1, -0.05) is 19.3 Å². The van der Waals surface area contributed by atoms with Crippen molar-refractivity contribution in [3.63, 3.8) is 0 Å². The lowest BCUT2D eigenvalue weighted by Crippen LogP contribution is -2.54. The summed E-state index contributed by atoms with van der Waals surface area (Å²) in [6, 6.07) is 2.12. The van der Waals surface area contributed by atoms with E-state index >= 15 is 0 Å². The molecule has 1 aromatic heterocycles. The van der Waals surface area contributed by atoms with Crippen molar-refractivity contribution in [2.45, 2.75) is 63.5 Å². The van der Waals surface area contributed by atoms with Gasteiger partial charge in [0.2, 0.25) is 5.88 Å². The van der Waals surface area contributed by atoms with Crippen LogP contribution in [0, 0.1) is 0 Å². The fourth-order valence-electron chi connectivity index (χ4n) is 4.00. The van der Waals surface area contributed by atoms with Crippen molar-refractivity contribution in [3.8, 4) is 5.88 Å². The minimum atomic E-state index is -0.586. The predicted octanol–water partition coefficient (Wildman–Crippen LogP) is 2.63. The van der Waals surface area contributed by atoms with Crippen LogP contribution >= 0.6 is 0 Å². The molecule has 2 aliphatic rings. The summed E-state index contributed by atoms with van der Waals surface area (Å²) in [6.45, 7) is 4.02. The maximum absolute atomic E-state index is 13.0. The second kappa shape index (κ2) is 8.66. The molecule has 0 spiro atoms. The van der Waals surface area contributed by atoms with Gasteiger partial charge in [-0.3, -0.25) is 4.79 Å². The highest BCUT2D eigenvalue weighted by Gasteiger charge is 2.42. The number of methoxy groups -OCH3 is 1. The number of carbonyl (C=O) groups excluding carboxylic acids is 1. The second-order valence-corrected chi connectivity index (χ2v) is 7.14. The van der Waals surface area contributed by atoms with Gasteiger partial charge in [0, 0.05) is 32.3 Å². The summed E-state index contributed by atoms with van der Waals surface area (Å²) in [5, 5.41) is 3.44. The van der Waals surface area contributed by atoms with Gasteiger partial charge >= 0.3 is 0 Å². The Hall–Kier alpha value is -1.89. The minimum absolute atomic E-state index is 0.179. The van der Waals surface area contributed by atoms with E-state index in [1.54, 1.807) is 7.11 Å². The maximum atomic E-state index is 13.0. The van der Waals surface area contributed by atoms with E-state index in [-0.39, 0.29) is 5.91 Å². The van der Waals surface area contributed by atoms with E-state index in [0.29, 0.717) is 18.5 Å². The van der Waals surface area contributed by atoms with Crippen LogP contribution in [0.3, 0.4) is 0 Å². The summed E-state index contributed by atoms with van der Waals surface area (Å²) >= 11 is 0. The molecule has 1 aliphatic carbocycles. The Morgan fingerprint density at radius 1 is 1.27 bits per heavy atom. The summed E-state index contributed by atoms with van der Waals surface area (Å²) < 4.78 is 11.1. The van der Waals surface area contributed by atoms with E-state index in [0.717, 1.165) is 57.4 Å². The number of nitrogens with one attached hydrogen (secondary N) is 1. The number of amides is 1. The van der Waals surface area contributed by atoms with Crippen LogP contribution < -0.4 is 10.1 Å². The molecule has 26 heavy (non-hydrogen) atoms. The fraction of sp³-hybridized carbons (Fsp3) is 0.737. The first-order valence-corrected chi connectivity index (χ1v) is 9.73. The number of rotatable bonds is 6. The number of nitrogens with zero attached hydrogens (tertiary/aromatic N) is 3. The molecular formula is C19H30N4O3. The van der Waals surface area contributed by atoms with Gasteiger partial charge in [0.25, 0.3) is 5.91 Å². The van der Waals surface area contributed by atoms with E-state index in [9.17, 15) is 4.79 Å². The molecule has 0 bridgehead atoms. The third-order valence-electron chi connectivity index (χ3n) is 5.51. The molecule has 144 valence electrons. The summed E-state index contributed by atoms with van der Waals surface area (Å²) in [4.78, 5) is 23.4. The Morgan fingerprint density at radius 2 is 2.00 bits per heavy atom. The van der Waals surface area contributed by atoms with Crippen molar-refractivity contribution in [2.75, 3.05) is 32.1 Å². The van der Waals surface area contributed by atoms with Crippen LogP contribution in [0.15, 0.2) is 12.4 Å². The number of hydrogen-bond acceptors (Lipinski definition) is 6. The quantitative estimate of drug-likeness (QED) is 0.838. The summed E-state index contributed by atoms with van der Waals surface area (Å²) in [5.74, 6) is 1.53. The van der Waals surface area contributed by atoms with E-state index in [2.05, 4.69) is 15.3 Å². The molecule has 1 saturated carbocycles. The van der Waals surface area contributed by atoms with Crippen LogP contribution in [0.2, 0.25) is 0 Å². The number of anilines is 1. The number of likely N-dealkylation sites (tertiary alicyclic amines) is 1. The van der Waals surface area contributed by atoms with Crippen molar-refractivity contribution in [3.05, 3.63) is 12.4 Å². The van der Waals surface area contributed by atoms with Crippen LogP contribution in [0.5, 0.6) is 5.88 Å². The predicted molar refractivity (Wildman–Crippen MR) is 99.3 cm³/mol. The molecule has 2 heterocycles. The van der Waals surface area contributed by atoms with Crippen molar-refractivity contribution in [1.29, 1.82) is 0 Å². The Bertz CT molecular complexity index is 596.